The zero-order chi connectivity index (χ0) is 33.6. The minimum absolute atomic E-state index is 0.0252. The first-order valence-electron chi connectivity index (χ1n) is 9.98. The SMILES string of the molecule is C=C(CCc1ccc(S(=O)(=O)NC(F)(F)C(F)(F)C(F)(F)C(F)(F)C(F)(F)C(F)(F)C(F)(F)C(F)(F)F)cn1)OOC. The molecule has 6 nitrogen and oxygen atoms in total. The van der Waals surface area contributed by atoms with Gasteiger partial charge in [-0.1, -0.05) is 6.58 Å². The predicted octanol–water partition coefficient (Wildman–Crippen LogP) is 6.35. The van der Waals surface area contributed by atoms with Crippen molar-refractivity contribution in [2.24, 2.45) is 0 Å². The topological polar surface area (TPSA) is 77.5 Å². The molecule has 0 amide bonds. The molecule has 0 aliphatic carbocycles. The van der Waals surface area contributed by atoms with Crippen LogP contribution >= 0.6 is 0 Å². The molecule has 0 unspecified atom stereocenters. The fraction of sp³-hybridized carbons (Fsp3) is 0.611. The third-order valence-electron chi connectivity index (χ3n) is 4.95. The summed E-state index contributed by atoms with van der Waals surface area (Å²) < 4.78 is 250. The van der Waals surface area contributed by atoms with Crippen LogP contribution in [0.1, 0.15) is 12.1 Å². The average molecular weight is 676 g/mol. The maximum atomic E-state index is 14.0. The van der Waals surface area contributed by atoms with Crippen molar-refractivity contribution in [3.63, 3.8) is 0 Å². The van der Waals surface area contributed by atoms with Gasteiger partial charge in [0.05, 0.1) is 7.11 Å². The highest BCUT2D eigenvalue weighted by Crippen LogP contribution is 2.63. The van der Waals surface area contributed by atoms with Gasteiger partial charge in [0, 0.05) is 18.3 Å². The maximum Gasteiger partial charge on any atom is 0.460 e. The minimum atomic E-state index is -8.84. The zero-order valence-electron chi connectivity index (χ0n) is 19.8. The molecule has 0 aliphatic rings. The maximum absolute atomic E-state index is 14.0. The summed E-state index contributed by atoms with van der Waals surface area (Å²) in [6, 6.07) is -6.36. The molecule has 1 aromatic rings. The minimum Gasteiger partial charge on any atom is -0.343 e. The summed E-state index contributed by atoms with van der Waals surface area (Å²) in [5.74, 6) is -51.6. The van der Waals surface area contributed by atoms with Gasteiger partial charge in [-0.25, -0.2) is 8.42 Å². The average Bonchev–Trinajstić information content (AvgIpc) is 2.81. The number of rotatable bonds is 14. The van der Waals surface area contributed by atoms with Crippen LogP contribution in [0.25, 0.3) is 0 Å². The summed E-state index contributed by atoms with van der Waals surface area (Å²) >= 11 is 0. The van der Waals surface area contributed by atoms with Crippen LogP contribution in [-0.4, -0.2) is 68.3 Å². The Balaban J connectivity index is 3.44. The first-order valence-corrected chi connectivity index (χ1v) is 11.5. The van der Waals surface area contributed by atoms with Gasteiger partial charge in [-0.05, 0) is 18.6 Å². The highest BCUT2D eigenvalue weighted by molar-refractivity contribution is 7.89. The normalized spacial score (nSPS) is 15.1. The van der Waals surface area contributed by atoms with Crippen molar-refractivity contribution < 1.29 is 92.8 Å². The van der Waals surface area contributed by atoms with Crippen LogP contribution in [0.4, 0.5) is 74.6 Å². The predicted molar refractivity (Wildman–Crippen MR) is 101 cm³/mol. The summed E-state index contributed by atoms with van der Waals surface area (Å²) in [5.41, 5.74) is -0.100. The molecule has 0 saturated heterocycles. The van der Waals surface area contributed by atoms with Gasteiger partial charge in [0.25, 0.3) is 0 Å². The molecule has 42 heavy (non-hydrogen) atoms. The molecule has 0 radical (unpaired) electrons. The lowest BCUT2D eigenvalue weighted by Crippen LogP contribution is -2.75. The first-order chi connectivity index (χ1) is 18.4. The van der Waals surface area contributed by atoms with Crippen molar-refractivity contribution >= 4 is 10.0 Å². The number of halogens is 17. The second-order valence-corrected chi connectivity index (χ2v) is 9.58. The number of sulfonamides is 1. The molecule has 1 heterocycles. The van der Waals surface area contributed by atoms with Gasteiger partial charge in [0.1, 0.15) is 10.7 Å². The fourth-order valence-corrected chi connectivity index (χ4v) is 3.62. The molecule has 24 heteroatoms. The standard InChI is InChI=1S/C18H13F17N2O4S/c1-8(41-40-2)3-4-9-5-6-10(7-36-9)42(38,39)37-18(34,35)16(29,30)14(25,26)12(21,22)11(19,20)13(23,24)15(27,28)17(31,32)33/h5-7,37H,1,3-4H2,2H3. The quantitative estimate of drug-likeness (QED) is 0.0818. The smallest absolute Gasteiger partial charge is 0.343 e. The van der Waals surface area contributed by atoms with Crippen molar-refractivity contribution in [1.29, 1.82) is 0 Å². The molecule has 1 N–H and O–H groups in total. The van der Waals surface area contributed by atoms with Gasteiger partial charge in [0.2, 0.25) is 10.0 Å². The Morgan fingerprint density at radius 2 is 1.19 bits per heavy atom. The van der Waals surface area contributed by atoms with E-state index >= 15 is 0 Å². The van der Waals surface area contributed by atoms with E-state index in [0.29, 0.717) is 12.1 Å². The van der Waals surface area contributed by atoms with Crippen LogP contribution in [0.5, 0.6) is 0 Å². The fourth-order valence-electron chi connectivity index (χ4n) is 2.60. The lowest BCUT2D eigenvalue weighted by Gasteiger charge is -2.42. The molecular weight excluding hydrogens is 663 g/mol. The summed E-state index contributed by atoms with van der Waals surface area (Å²) in [6.45, 7) is 3.34. The van der Waals surface area contributed by atoms with Crippen molar-refractivity contribution in [3.05, 3.63) is 36.4 Å². The second kappa shape index (κ2) is 11.1. The number of aromatic nitrogens is 1. The molecule has 0 spiro atoms. The van der Waals surface area contributed by atoms with Crippen LogP contribution in [0.15, 0.2) is 35.6 Å². The summed E-state index contributed by atoms with van der Waals surface area (Å²) in [5, 5.41) is 0. The first kappa shape index (κ1) is 37.4. The van der Waals surface area contributed by atoms with Gasteiger partial charge >= 0.3 is 47.8 Å². The van der Waals surface area contributed by atoms with Crippen LogP contribution in [0, 0.1) is 0 Å². The number of hydrogen-bond donors (Lipinski definition) is 1. The van der Waals surface area contributed by atoms with Crippen molar-refractivity contribution in [1.82, 2.24) is 9.71 Å². The Bertz CT molecular complexity index is 1230. The molecule has 0 saturated carbocycles. The third kappa shape index (κ3) is 6.05. The van der Waals surface area contributed by atoms with Gasteiger partial charge in [-0.2, -0.15) is 79.5 Å². The molecule has 0 fully saturated rings. The van der Waals surface area contributed by atoms with Crippen LogP contribution in [0.2, 0.25) is 0 Å². The van der Waals surface area contributed by atoms with Gasteiger partial charge in [-0.3, -0.25) is 4.98 Å². The Kier molecular flexibility index (Phi) is 9.91. The zero-order valence-corrected chi connectivity index (χ0v) is 20.6. The summed E-state index contributed by atoms with van der Waals surface area (Å²) in [7, 11) is -5.17. The summed E-state index contributed by atoms with van der Waals surface area (Å²) in [4.78, 5) is 10.5. The van der Waals surface area contributed by atoms with Crippen LogP contribution in [0.3, 0.4) is 0 Å². The number of hydrogen-bond acceptors (Lipinski definition) is 5. The lowest BCUT2D eigenvalue weighted by molar-refractivity contribution is -0.462. The van der Waals surface area contributed by atoms with E-state index in [1.165, 1.54) is 0 Å². The molecule has 0 aliphatic heterocycles. The van der Waals surface area contributed by atoms with E-state index in [1.54, 1.807) is 0 Å². The second-order valence-electron chi connectivity index (χ2n) is 7.90. The molecule has 0 atom stereocenters. The van der Waals surface area contributed by atoms with E-state index in [9.17, 15) is 83.1 Å². The van der Waals surface area contributed by atoms with Crippen molar-refractivity contribution in [3.8, 4) is 0 Å². The number of nitrogens with zero attached hydrogens (tertiary/aromatic N) is 1. The Hall–Kier alpha value is -2.63. The molecule has 1 rings (SSSR count). The number of allylic oxidation sites excluding steroid dienone is 1. The Labute approximate surface area is 222 Å². The summed E-state index contributed by atoms with van der Waals surface area (Å²) in [6.07, 6.45) is -8.00. The number of nitrogens with one attached hydrogen (secondary N) is 1. The lowest BCUT2D eigenvalue weighted by atomic mass is 9.90. The van der Waals surface area contributed by atoms with Crippen molar-refractivity contribution in [2.75, 3.05) is 7.11 Å². The Morgan fingerprint density at radius 3 is 1.57 bits per heavy atom. The largest absolute Gasteiger partial charge is 0.460 e. The van der Waals surface area contributed by atoms with Gasteiger partial charge in [0.15, 0.2) is 0 Å². The molecule has 1 aromatic heterocycles. The highest BCUT2D eigenvalue weighted by Gasteiger charge is 2.95. The Morgan fingerprint density at radius 1 is 0.762 bits per heavy atom. The molecule has 244 valence electrons. The highest BCUT2D eigenvalue weighted by atomic mass is 32.2. The van der Waals surface area contributed by atoms with E-state index in [1.807, 2.05) is 0 Å². The number of alkyl halides is 17. The van der Waals surface area contributed by atoms with Gasteiger partial charge < -0.3 is 4.89 Å². The third-order valence-corrected chi connectivity index (χ3v) is 6.34. The van der Waals surface area contributed by atoms with E-state index in [4.69, 9.17) is 0 Å². The van der Waals surface area contributed by atoms with Gasteiger partial charge in [-0.15, -0.1) is 4.72 Å². The van der Waals surface area contributed by atoms with E-state index in [-0.39, 0.29) is 30.5 Å². The molecule has 0 aromatic carbocycles. The van der Waals surface area contributed by atoms with Crippen LogP contribution < -0.4 is 4.72 Å². The van der Waals surface area contributed by atoms with Crippen molar-refractivity contribution in [2.45, 2.75) is 65.5 Å². The monoisotopic (exact) mass is 676 g/mol. The van der Waals surface area contributed by atoms with E-state index in [2.05, 4.69) is 21.3 Å². The molecule has 0 bridgehead atoms. The van der Waals surface area contributed by atoms with Crippen LogP contribution in [-0.2, 0) is 26.2 Å². The molecular formula is C18H13F17N2O4S. The number of aryl methyl sites for hydroxylation is 1. The van der Waals surface area contributed by atoms with E-state index in [0.717, 1.165) is 7.11 Å². The number of pyridine rings is 1. The van der Waals surface area contributed by atoms with E-state index < -0.39 is 67.4 Å².